The van der Waals surface area contributed by atoms with Gasteiger partial charge in [-0.1, -0.05) is 25.5 Å². The van der Waals surface area contributed by atoms with E-state index in [1.165, 1.54) is 19.3 Å². The summed E-state index contributed by atoms with van der Waals surface area (Å²) < 4.78 is 0. The van der Waals surface area contributed by atoms with Crippen molar-refractivity contribution in [1.82, 2.24) is 4.90 Å². The van der Waals surface area contributed by atoms with Gasteiger partial charge in [0, 0.05) is 12.6 Å². The molecule has 0 aliphatic carbocycles. The molecule has 1 N–H and O–H groups in total. The first-order valence-corrected chi connectivity index (χ1v) is 5.38. The molecule has 0 bridgehead atoms. The Morgan fingerprint density at radius 3 is 3.00 bits per heavy atom. The second kappa shape index (κ2) is 6.17. The molecular formula is C11H21NO. The van der Waals surface area contributed by atoms with Crippen molar-refractivity contribution in [3.8, 4) is 0 Å². The highest BCUT2D eigenvalue weighted by molar-refractivity contribution is 4.89. The second-order valence-corrected chi connectivity index (χ2v) is 3.73. The lowest BCUT2D eigenvalue weighted by Gasteiger charge is -2.20. The van der Waals surface area contributed by atoms with Crippen LogP contribution in [0.25, 0.3) is 0 Å². The fourth-order valence-electron chi connectivity index (χ4n) is 1.84. The van der Waals surface area contributed by atoms with Gasteiger partial charge < -0.3 is 5.11 Å². The molecule has 0 aromatic rings. The molecule has 76 valence electrons. The predicted octanol–water partition coefficient (Wildman–Crippen LogP) is 1.80. The van der Waals surface area contributed by atoms with Gasteiger partial charge in [-0.25, -0.2) is 0 Å². The summed E-state index contributed by atoms with van der Waals surface area (Å²) in [5, 5.41) is 9.07. The number of allylic oxidation sites excluding steroid dienone is 1. The molecule has 2 nitrogen and oxygen atoms in total. The number of rotatable bonds is 5. The van der Waals surface area contributed by atoms with Gasteiger partial charge >= 0.3 is 0 Å². The average molecular weight is 183 g/mol. The Kier molecular flexibility index (Phi) is 5.09. The molecule has 2 heteroatoms. The molecule has 0 aromatic heterocycles. The average Bonchev–Trinajstić information content (AvgIpc) is 2.60. The first-order chi connectivity index (χ1) is 6.38. The van der Waals surface area contributed by atoms with Crippen LogP contribution in [-0.2, 0) is 0 Å². The van der Waals surface area contributed by atoms with E-state index in [0.717, 1.165) is 19.5 Å². The second-order valence-electron chi connectivity index (χ2n) is 3.73. The van der Waals surface area contributed by atoms with Gasteiger partial charge in [0.25, 0.3) is 0 Å². The Balaban J connectivity index is 2.19. The minimum absolute atomic E-state index is 0.321. The van der Waals surface area contributed by atoms with Crippen molar-refractivity contribution in [1.29, 1.82) is 0 Å². The molecule has 1 aliphatic heterocycles. The highest BCUT2D eigenvalue weighted by Crippen LogP contribution is 2.15. The van der Waals surface area contributed by atoms with Crippen LogP contribution in [-0.4, -0.2) is 35.7 Å². The summed E-state index contributed by atoms with van der Waals surface area (Å²) in [7, 11) is 0. The Morgan fingerprint density at radius 1 is 1.46 bits per heavy atom. The zero-order valence-corrected chi connectivity index (χ0v) is 8.58. The number of nitrogens with zero attached hydrogens (tertiary/aromatic N) is 1. The van der Waals surface area contributed by atoms with E-state index in [1.54, 1.807) is 0 Å². The summed E-state index contributed by atoms with van der Waals surface area (Å²) in [4.78, 5) is 2.37. The van der Waals surface area contributed by atoms with Crippen molar-refractivity contribution in [3.63, 3.8) is 0 Å². The van der Waals surface area contributed by atoms with Crippen LogP contribution in [0.3, 0.4) is 0 Å². The maximum atomic E-state index is 9.07. The van der Waals surface area contributed by atoms with Crippen LogP contribution in [0.15, 0.2) is 12.2 Å². The largest absolute Gasteiger partial charge is 0.395 e. The number of hydrogen-bond donors (Lipinski definition) is 1. The normalized spacial score (nSPS) is 24.6. The molecule has 0 unspecified atom stereocenters. The van der Waals surface area contributed by atoms with Crippen molar-refractivity contribution >= 4 is 0 Å². The van der Waals surface area contributed by atoms with Crippen molar-refractivity contribution in [2.45, 2.75) is 38.6 Å². The summed E-state index contributed by atoms with van der Waals surface area (Å²) in [6, 6.07) is 0.422. The summed E-state index contributed by atoms with van der Waals surface area (Å²) in [6.45, 7) is 4.69. The molecule has 1 aliphatic rings. The van der Waals surface area contributed by atoms with Gasteiger partial charge in [0.2, 0.25) is 0 Å². The lowest BCUT2D eigenvalue weighted by Crippen LogP contribution is -2.32. The Hall–Kier alpha value is -0.340. The molecule has 0 saturated carbocycles. The lowest BCUT2D eigenvalue weighted by molar-refractivity contribution is 0.170. The quantitative estimate of drug-likeness (QED) is 0.657. The highest BCUT2D eigenvalue weighted by Gasteiger charge is 2.21. The molecule has 13 heavy (non-hydrogen) atoms. The van der Waals surface area contributed by atoms with Gasteiger partial charge in [0.05, 0.1) is 6.61 Å². The molecule has 1 saturated heterocycles. The zero-order valence-electron chi connectivity index (χ0n) is 8.58. The van der Waals surface area contributed by atoms with Gasteiger partial charge in [-0.2, -0.15) is 0 Å². The van der Waals surface area contributed by atoms with Crippen LogP contribution >= 0.6 is 0 Å². The summed E-state index contributed by atoms with van der Waals surface area (Å²) in [6.07, 6.45) is 9.28. The van der Waals surface area contributed by atoms with Crippen LogP contribution < -0.4 is 0 Å². The predicted molar refractivity (Wildman–Crippen MR) is 55.7 cm³/mol. The minimum atomic E-state index is 0.321. The number of unbranched alkanes of at least 4 members (excludes halogenated alkanes) is 1. The minimum Gasteiger partial charge on any atom is -0.395 e. The van der Waals surface area contributed by atoms with Crippen LogP contribution in [0, 0.1) is 0 Å². The van der Waals surface area contributed by atoms with Crippen molar-refractivity contribution in [3.05, 3.63) is 12.2 Å². The first-order valence-electron chi connectivity index (χ1n) is 5.38. The molecule has 0 aromatic carbocycles. The molecule has 1 fully saturated rings. The van der Waals surface area contributed by atoms with E-state index in [2.05, 4.69) is 24.0 Å². The van der Waals surface area contributed by atoms with Gasteiger partial charge in [0.1, 0.15) is 0 Å². The monoisotopic (exact) mass is 183 g/mol. The SMILES string of the molecule is CCC/C=C/CN1CCC[C@H]1CO. The Morgan fingerprint density at radius 2 is 2.31 bits per heavy atom. The zero-order chi connectivity index (χ0) is 9.52. The third kappa shape index (κ3) is 3.49. The molecule has 1 atom stereocenters. The van der Waals surface area contributed by atoms with Gasteiger partial charge in [-0.3, -0.25) is 4.90 Å². The first kappa shape index (κ1) is 10.7. The van der Waals surface area contributed by atoms with Crippen LogP contribution in [0.2, 0.25) is 0 Å². The van der Waals surface area contributed by atoms with E-state index in [-0.39, 0.29) is 0 Å². The van der Waals surface area contributed by atoms with Crippen molar-refractivity contribution < 1.29 is 5.11 Å². The highest BCUT2D eigenvalue weighted by atomic mass is 16.3. The summed E-state index contributed by atoms with van der Waals surface area (Å²) >= 11 is 0. The number of hydrogen-bond acceptors (Lipinski definition) is 2. The fraction of sp³-hybridized carbons (Fsp3) is 0.818. The van der Waals surface area contributed by atoms with Crippen molar-refractivity contribution in [2.24, 2.45) is 0 Å². The third-order valence-electron chi connectivity index (χ3n) is 2.67. The van der Waals surface area contributed by atoms with Gasteiger partial charge in [-0.05, 0) is 25.8 Å². The van der Waals surface area contributed by atoms with Crippen LogP contribution in [0.1, 0.15) is 32.6 Å². The maximum absolute atomic E-state index is 9.07. The maximum Gasteiger partial charge on any atom is 0.0587 e. The number of likely N-dealkylation sites (tertiary alicyclic amines) is 1. The Bertz CT molecular complexity index is 156. The summed E-state index contributed by atoms with van der Waals surface area (Å²) in [5.74, 6) is 0. The number of aliphatic hydroxyl groups is 1. The molecular weight excluding hydrogens is 162 g/mol. The van der Waals surface area contributed by atoms with E-state index < -0.39 is 0 Å². The van der Waals surface area contributed by atoms with Crippen molar-refractivity contribution in [2.75, 3.05) is 19.7 Å². The van der Waals surface area contributed by atoms with E-state index in [9.17, 15) is 0 Å². The molecule has 0 spiro atoms. The molecule has 1 rings (SSSR count). The molecule has 0 amide bonds. The summed E-state index contributed by atoms with van der Waals surface area (Å²) in [5.41, 5.74) is 0. The standard InChI is InChI=1S/C11H21NO/c1-2-3-4-5-8-12-9-6-7-11(12)10-13/h4-5,11,13H,2-3,6-10H2,1H3/b5-4+/t11-/m0/s1. The molecule has 1 heterocycles. The fourth-order valence-corrected chi connectivity index (χ4v) is 1.84. The van der Waals surface area contributed by atoms with E-state index in [0.29, 0.717) is 12.6 Å². The Labute approximate surface area is 81.2 Å². The third-order valence-corrected chi connectivity index (χ3v) is 2.67. The lowest BCUT2D eigenvalue weighted by atomic mass is 10.2. The van der Waals surface area contributed by atoms with E-state index in [1.807, 2.05) is 0 Å². The van der Waals surface area contributed by atoms with Crippen LogP contribution in [0.5, 0.6) is 0 Å². The van der Waals surface area contributed by atoms with Gasteiger partial charge in [-0.15, -0.1) is 0 Å². The van der Waals surface area contributed by atoms with Crippen LogP contribution in [0.4, 0.5) is 0 Å². The van der Waals surface area contributed by atoms with Gasteiger partial charge in [0.15, 0.2) is 0 Å². The van der Waals surface area contributed by atoms with E-state index in [4.69, 9.17) is 5.11 Å². The molecule has 0 radical (unpaired) electrons. The smallest absolute Gasteiger partial charge is 0.0587 e. The van der Waals surface area contributed by atoms with E-state index >= 15 is 0 Å². The topological polar surface area (TPSA) is 23.5 Å². The number of aliphatic hydroxyl groups excluding tert-OH is 1.